The van der Waals surface area contributed by atoms with Crippen molar-refractivity contribution in [2.24, 2.45) is 0 Å². The van der Waals surface area contributed by atoms with E-state index in [0.717, 1.165) is 57.6 Å². The first-order valence-electron chi connectivity index (χ1n) is 11.3. The monoisotopic (exact) mass is 414 g/mol. The minimum atomic E-state index is -0.212. The molecule has 1 saturated heterocycles. The summed E-state index contributed by atoms with van der Waals surface area (Å²) in [5.74, 6) is -0.0746. The number of carbonyl (C=O) groups excluding carboxylic acids is 2. The molecule has 4 rings (SSSR count). The van der Waals surface area contributed by atoms with Crippen molar-refractivity contribution in [1.82, 2.24) is 15.5 Å². The summed E-state index contributed by atoms with van der Waals surface area (Å²) in [6.45, 7) is 5.97. The second-order valence-electron chi connectivity index (χ2n) is 8.97. The first-order valence-corrected chi connectivity index (χ1v) is 11.3. The number of hydrogen-bond acceptors (Lipinski definition) is 4. The Labute approximate surface area is 178 Å². The zero-order chi connectivity index (χ0) is 21.0. The van der Waals surface area contributed by atoms with Gasteiger partial charge in [-0.1, -0.05) is 25.3 Å². The van der Waals surface area contributed by atoms with Crippen LogP contribution in [0.15, 0.2) is 18.2 Å². The Kier molecular flexibility index (Phi) is 6.58. The highest BCUT2D eigenvalue weighted by atomic mass is 16.5. The van der Waals surface area contributed by atoms with Crippen LogP contribution in [0.2, 0.25) is 0 Å². The number of anilines is 1. The van der Waals surface area contributed by atoms with Gasteiger partial charge < -0.3 is 20.7 Å². The summed E-state index contributed by atoms with van der Waals surface area (Å²) in [6.07, 6.45) is 8.02. The molecule has 0 aromatic heterocycles. The van der Waals surface area contributed by atoms with E-state index in [-0.39, 0.29) is 17.5 Å². The Hall–Kier alpha value is -2.12. The first-order chi connectivity index (χ1) is 14.6. The lowest BCUT2D eigenvalue weighted by Crippen LogP contribution is -2.60. The maximum atomic E-state index is 12.7. The predicted molar refractivity (Wildman–Crippen MR) is 117 cm³/mol. The zero-order valence-corrected chi connectivity index (χ0v) is 18.0. The Balaban J connectivity index is 1.37. The first kappa shape index (κ1) is 21.1. The Morgan fingerprint density at radius 1 is 1.13 bits per heavy atom. The fraction of sp³-hybridized carbons (Fsp3) is 0.652. The molecular formula is C23H34N4O3. The van der Waals surface area contributed by atoms with E-state index in [0.29, 0.717) is 23.8 Å². The molecule has 0 atom stereocenters. The topological polar surface area (TPSA) is 82.7 Å². The number of morpholine rings is 1. The van der Waals surface area contributed by atoms with Gasteiger partial charge in [0, 0.05) is 42.5 Å². The third-order valence-electron chi connectivity index (χ3n) is 6.70. The molecule has 2 saturated carbocycles. The van der Waals surface area contributed by atoms with E-state index >= 15 is 0 Å². The number of ether oxygens (including phenoxy) is 1. The number of rotatable bonds is 6. The molecule has 3 aliphatic rings. The Morgan fingerprint density at radius 3 is 2.57 bits per heavy atom. The third kappa shape index (κ3) is 5.13. The number of hydrogen-bond donors (Lipinski definition) is 3. The largest absolute Gasteiger partial charge is 0.379 e. The van der Waals surface area contributed by atoms with Crippen molar-refractivity contribution in [2.75, 3.05) is 38.2 Å². The summed E-state index contributed by atoms with van der Waals surface area (Å²) < 4.78 is 5.54. The van der Waals surface area contributed by atoms with Crippen LogP contribution < -0.4 is 16.0 Å². The molecule has 7 nitrogen and oxygen atoms in total. The lowest BCUT2D eigenvalue weighted by Gasteiger charge is -2.48. The number of benzene rings is 1. The lowest BCUT2D eigenvalue weighted by molar-refractivity contribution is -0.0356. The van der Waals surface area contributed by atoms with E-state index < -0.39 is 0 Å². The van der Waals surface area contributed by atoms with Gasteiger partial charge in [-0.2, -0.15) is 0 Å². The fourth-order valence-electron chi connectivity index (χ4n) is 4.66. The highest BCUT2D eigenvalue weighted by molar-refractivity contribution is 5.97. The van der Waals surface area contributed by atoms with Gasteiger partial charge in [-0.05, 0) is 50.3 Å². The summed E-state index contributed by atoms with van der Waals surface area (Å²) in [5, 5.41) is 9.08. The molecule has 30 heavy (non-hydrogen) atoms. The van der Waals surface area contributed by atoms with E-state index in [4.69, 9.17) is 4.74 Å². The van der Waals surface area contributed by atoms with Gasteiger partial charge in [-0.3, -0.25) is 9.69 Å². The van der Waals surface area contributed by atoms with Gasteiger partial charge in [0.2, 0.25) is 0 Å². The molecule has 0 unspecified atom stereocenters. The standard InChI is InChI=1S/C23H34N4O3/c1-17-5-6-18(21(28)25-19-7-8-19)15-20(17)26-22(29)24-16-23(9-3-2-4-10-23)27-11-13-30-14-12-27/h5-6,15,19H,2-4,7-14,16H2,1H3,(H,25,28)(H2,24,26,29). The molecule has 7 heteroatoms. The van der Waals surface area contributed by atoms with Gasteiger partial charge in [-0.15, -0.1) is 0 Å². The molecule has 1 aliphatic heterocycles. The Morgan fingerprint density at radius 2 is 1.87 bits per heavy atom. The number of nitrogens with zero attached hydrogens (tertiary/aromatic N) is 1. The minimum Gasteiger partial charge on any atom is -0.379 e. The van der Waals surface area contributed by atoms with E-state index in [1.807, 2.05) is 19.1 Å². The van der Waals surface area contributed by atoms with E-state index in [1.54, 1.807) is 6.07 Å². The van der Waals surface area contributed by atoms with Crippen molar-refractivity contribution < 1.29 is 14.3 Å². The van der Waals surface area contributed by atoms with Crippen molar-refractivity contribution >= 4 is 17.6 Å². The molecule has 0 bridgehead atoms. The van der Waals surface area contributed by atoms with Crippen LogP contribution in [0.25, 0.3) is 0 Å². The summed E-state index contributed by atoms with van der Waals surface area (Å²) in [5.41, 5.74) is 2.23. The second kappa shape index (κ2) is 9.35. The van der Waals surface area contributed by atoms with Crippen LogP contribution in [-0.2, 0) is 4.74 Å². The van der Waals surface area contributed by atoms with Gasteiger partial charge in [-0.25, -0.2) is 4.79 Å². The smallest absolute Gasteiger partial charge is 0.319 e. The predicted octanol–water partition coefficient (Wildman–Crippen LogP) is 3.04. The fourth-order valence-corrected chi connectivity index (χ4v) is 4.66. The molecule has 1 aromatic rings. The van der Waals surface area contributed by atoms with Gasteiger partial charge in [0.1, 0.15) is 0 Å². The van der Waals surface area contributed by atoms with Gasteiger partial charge >= 0.3 is 6.03 Å². The summed E-state index contributed by atoms with van der Waals surface area (Å²) in [6, 6.07) is 5.56. The molecule has 164 valence electrons. The van der Waals surface area contributed by atoms with Crippen molar-refractivity contribution in [3.63, 3.8) is 0 Å². The number of carbonyl (C=O) groups is 2. The molecule has 0 radical (unpaired) electrons. The van der Waals surface area contributed by atoms with E-state index in [2.05, 4.69) is 20.9 Å². The van der Waals surface area contributed by atoms with E-state index in [1.165, 1.54) is 19.3 Å². The number of aryl methyl sites for hydroxylation is 1. The van der Waals surface area contributed by atoms with Crippen LogP contribution in [0.1, 0.15) is 60.9 Å². The van der Waals surface area contributed by atoms with Crippen LogP contribution in [0.4, 0.5) is 10.5 Å². The van der Waals surface area contributed by atoms with Crippen molar-refractivity contribution in [3.8, 4) is 0 Å². The van der Waals surface area contributed by atoms with Gasteiger partial charge in [0.05, 0.1) is 13.2 Å². The minimum absolute atomic E-state index is 0.0282. The average molecular weight is 415 g/mol. The SMILES string of the molecule is Cc1ccc(C(=O)NC2CC2)cc1NC(=O)NCC1(N2CCOCC2)CCCCC1. The highest BCUT2D eigenvalue weighted by Gasteiger charge is 2.38. The summed E-state index contributed by atoms with van der Waals surface area (Å²) in [4.78, 5) is 27.6. The molecule has 2 aliphatic carbocycles. The zero-order valence-electron chi connectivity index (χ0n) is 18.0. The van der Waals surface area contributed by atoms with Crippen LogP contribution in [-0.4, -0.2) is 61.3 Å². The molecule has 1 aromatic carbocycles. The molecule has 0 spiro atoms. The highest BCUT2D eigenvalue weighted by Crippen LogP contribution is 2.34. The third-order valence-corrected chi connectivity index (χ3v) is 6.70. The average Bonchev–Trinajstić information content (AvgIpc) is 3.59. The van der Waals surface area contributed by atoms with Gasteiger partial charge in [0.15, 0.2) is 0 Å². The lowest BCUT2D eigenvalue weighted by atomic mass is 9.80. The molecule has 3 fully saturated rings. The number of amides is 3. The summed E-state index contributed by atoms with van der Waals surface area (Å²) >= 11 is 0. The quantitative estimate of drug-likeness (QED) is 0.668. The second-order valence-corrected chi connectivity index (χ2v) is 8.97. The van der Waals surface area contributed by atoms with Gasteiger partial charge in [0.25, 0.3) is 5.91 Å². The van der Waals surface area contributed by atoms with Crippen LogP contribution >= 0.6 is 0 Å². The maximum absolute atomic E-state index is 12.7. The van der Waals surface area contributed by atoms with Crippen molar-refractivity contribution in [2.45, 2.75) is 63.5 Å². The normalized spacial score (nSPS) is 21.6. The summed E-state index contributed by atoms with van der Waals surface area (Å²) in [7, 11) is 0. The Bertz CT molecular complexity index is 766. The molecule has 3 amide bonds. The number of urea groups is 1. The maximum Gasteiger partial charge on any atom is 0.319 e. The van der Waals surface area contributed by atoms with Crippen molar-refractivity contribution in [1.29, 1.82) is 0 Å². The van der Waals surface area contributed by atoms with Crippen LogP contribution in [0.3, 0.4) is 0 Å². The van der Waals surface area contributed by atoms with Crippen LogP contribution in [0.5, 0.6) is 0 Å². The van der Waals surface area contributed by atoms with Crippen molar-refractivity contribution in [3.05, 3.63) is 29.3 Å². The van der Waals surface area contributed by atoms with E-state index in [9.17, 15) is 9.59 Å². The molecular weight excluding hydrogens is 380 g/mol. The molecule has 3 N–H and O–H groups in total. The molecule has 1 heterocycles. The van der Waals surface area contributed by atoms with Crippen LogP contribution in [0, 0.1) is 6.92 Å². The number of nitrogens with one attached hydrogen (secondary N) is 3.